The van der Waals surface area contributed by atoms with Gasteiger partial charge in [0.15, 0.2) is 5.82 Å². The Bertz CT molecular complexity index is 503. The Balaban J connectivity index is 2.35. The molecule has 0 bridgehead atoms. The van der Waals surface area contributed by atoms with Crippen LogP contribution in [0.25, 0.3) is 11.4 Å². The Morgan fingerprint density at radius 2 is 2.11 bits per heavy atom. The zero-order chi connectivity index (χ0) is 12.8. The van der Waals surface area contributed by atoms with Gasteiger partial charge < -0.3 is 10.1 Å². The fraction of sp³-hybridized carbons (Fsp3) is 0.333. The summed E-state index contributed by atoms with van der Waals surface area (Å²) in [7, 11) is 1.81. The molecular formula is C12H15N5O. The van der Waals surface area contributed by atoms with Gasteiger partial charge in [0.05, 0.1) is 11.9 Å². The van der Waals surface area contributed by atoms with Crippen molar-refractivity contribution in [1.82, 2.24) is 19.9 Å². The molecule has 0 atom stereocenters. The van der Waals surface area contributed by atoms with Crippen molar-refractivity contribution in [3.8, 4) is 11.4 Å². The summed E-state index contributed by atoms with van der Waals surface area (Å²) in [6.45, 7) is 2.96. The monoisotopic (exact) mass is 245 g/mol. The van der Waals surface area contributed by atoms with Crippen molar-refractivity contribution in [2.24, 2.45) is 0 Å². The highest BCUT2D eigenvalue weighted by molar-refractivity contribution is 5.57. The first-order valence-corrected chi connectivity index (χ1v) is 5.73. The van der Waals surface area contributed by atoms with Crippen LogP contribution in [0.1, 0.15) is 12.7 Å². The van der Waals surface area contributed by atoms with Gasteiger partial charge in [-0.15, -0.1) is 0 Å². The molecule has 2 aromatic heterocycles. The van der Waals surface area contributed by atoms with E-state index in [0.717, 1.165) is 11.5 Å². The molecule has 18 heavy (non-hydrogen) atoms. The molecule has 0 spiro atoms. The van der Waals surface area contributed by atoms with Crippen LogP contribution in [0, 0.1) is 0 Å². The van der Waals surface area contributed by atoms with Crippen LogP contribution in [0.5, 0.6) is 0 Å². The van der Waals surface area contributed by atoms with Gasteiger partial charge in [0.25, 0.3) is 0 Å². The number of nitrogens with zero attached hydrogens (tertiary/aromatic N) is 4. The van der Waals surface area contributed by atoms with Crippen LogP contribution in [-0.2, 0) is 11.3 Å². The largest absolute Gasteiger partial charge is 0.374 e. The summed E-state index contributed by atoms with van der Waals surface area (Å²) in [5.41, 5.74) is 1.45. The molecule has 0 aromatic carbocycles. The Hall–Kier alpha value is -2.08. The second kappa shape index (κ2) is 6.02. The van der Waals surface area contributed by atoms with Crippen molar-refractivity contribution >= 4 is 5.82 Å². The van der Waals surface area contributed by atoms with Crippen LogP contribution in [0.4, 0.5) is 5.82 Å². The topological polar surface area (TPSA) is 72.8 Å². The Morgan fingerprint density at radius 3 is 2.78 bits per heavy atom. The number of ether oxygens (including phenoxy) is 1. The number of hydrogen-bond acceptors (Lipinski definition) is 6. The first-order valence-electron chi connectivity index (χ1n) is 5.73. The zero-order valence-corrected chi connectivity index (χ0v) is 10.4. The van der Waals surface area contributed by atoms with Crippen molar-refractivity contribution in [1.29, 1.82) is 0 Å². The predicted octanol–water partition coefficient (Wildman–Crippen LogP) is 1.51. The Morgan fingerprint density at radius 1 is 1.22 bits per heavy atom. The minimum absolute atomic E-state index is 0.388. The van der Waals surface area contributed by atoms with E-state index in [9.17, 15) is 0 Å². The lowest BCUT2D eigenvalue weighted by molar-refractivity contribution is 0.128. The van der Waals surface area contributed by atoms with Crippen LogP contribution >= 0.6 is 0 Å². The lowest BCUT2D eigenvalue weighted by Crippen LogP contribution is -2.04. The van der Waals surface area contributed by atoms with Crippen molar-refractivity contribution in [3.05, 3.63) is 30.5 Å². The van der Waals surface area contributed by atoms with Crippen molar-refractivity contribution in [2.45, 2.75) is 13.5 Å². The molecule has 1 N–H and O–H groups in total. The van der Waals surface area contributed by atoms with Gasteiger partial charge in [-0.2, -0.15) is 0 Å². The standard InChI is InChI=1S/C12H15N5O/c1-3-18-8-12-16-9(6-11(13-2)17-12)10-7-14-4-5-15-10/h4-7H,3,8H2,1-2H3,(H,13,16,17). The highest BCUT2D eigenvalue weighted by Crippen LogP contribution is 2.16. The molecule has 2 rings (SSSR count). The molecule has 0 amide bonds. The van der Waals surface area contributed by atoms with E-state index in [2.05, 4.69) is 25.3 Å². The summed E-state index contributed by atoms with van der Waals surface area (Å²) in [5.74, 6) is 1.37. The van der Waals surface area contributed by atoms with Crippen molar-refractivity contribution < 1.29 is 4.74 Å². The van der Waals surface area contributed by atoms with Crippen LogP contribution < -0.4 is 5.32 Å². The summed E-state index contributed by atoms with van der Waals surface area (Å²) in [6, 6.07) is 1.83. The van der Waals surface area contributed by atoms with E-state index < -0.39 is 0 Å². The van der Waals surface area contributed by atoms with E-state index in [4.69, 9.17) is 4.74 Å². The molecule has 0 saturated heterocycles. The second-order valence-corrected chi connectivity index (χ2v) is 3.53. The number of rotatable bonds is 5. The average molecular weight is 245 g/mol. The quantitative estimate of drug-likeness (QED) is 0.860. The maximum atomic E-state index is 5.32. The maximum absolute atomic E-state index is 5.32. The van der Waals surface area contributed by atoms with Crippen LogP contribution in [0.3, 0.4) is 0 Å². The molecule has 2 aromatic rings. The molecule has 0 saturated carbocycles. The van der Waals surface area contributed by atoms with E-state index in [1.54, 1.807) is 18.6 Å². The van der Waals surface area contributed by atoms with Gasteiger partial charge in [0.1, 0.15) is 18.1 Å². The van der Waals surface area contributed by atoms with Gasteiger partial charge in [-0.1, -0.05) is 0 Å². The third-order valence-corrected chi connectivity index (χ3v) is 2.29. The van der Waals surface area contributed by atoms with E-state index in [1.165, 1.54) is 0 Å². The van der Waals surface area contributed by atoms with Crippen LogP contribution in [-0.4, -0.2) is 33.6 Å². The minimum atomic E-state index is 0.388. The van der Waals surface area contributed by atoms with E-state index in [-0.39, 0.29) is 0 Å². The first kappa shape index (κ1) is 12.4. The summed E-state index contributed by atoms with van der Waals surface area (Å²) < 4.78 is 5.32. The molecule has 0 aliphatic heterocycles. The molecule has 94 valence electrons. The predicted molar refractivity (Wildman–Crippen MR) is 67.9 cm³/mol. The van der Waals surface area contributed by atoms with Crippen LogP contribution in [0.2, 0.25) is 0 Å². The van der Waals surface area contributed by atoms with Crippen molar-refractivity contribution in [2.75, 3.05) is 19.0 Å². The lowest BCUT2D eigenvalue weighted by atomic mass is 10.3. The Kier molecular flexibility index (Phi) is 4.14. The van der Waals surface area contributed by atoms with Gasteiger partial charge in [-0.05, 0) is 6.92 Å². The van der Waals surface area contributed by atoms with Gasteiger partial charge in [-0.25, -0.2) is 9.97 Å². The molecule has 0 radical (unpaired) electrons. The number of aromatic nitrogens is 4. The molecule has 6 heteroatoms. The van der Waals surface area contributed by atoms with Gasteiger partial charge >= 0.3 is 0 Å². The molecule has 0 unspecified atom stereocenters. The highest BCUT2D eigenvalue weighted by Gasteiger charge is 2.07. The summed E-state index contributed by atoms with van der Waals surface area (Å²) in [4.78, 5) is 17.0. The smallest absolute Gasteiger partial charge is 0.157 e. The third-order valence-electron chi connectivity index (χ3n) is 2.29. The summed E-state index contributed by atoms with van der Waals surface area (Å²) >= 11 is 0. The second-order valence-electron chi connectivity index (χ2n) is 3.53. The molecule has 0 fully saturated rings. The van der Waals surface area contributed by atoms with Crippen LogP contribution in [0.15, 0.2) is 24.7 Å². The van der Waals surface area contributed by atoms with Gasteiger partial charge in [0, 0.05) is 32.1 Å². The zero-order valence-electron chi connectivity index (χ0n) is 10.4. The molecule has 0 aliphatic rings. The molecule has 0 aliphatic carbocycles. The van der Waals surface area contributed by atoms with Crippen molar-refractivity contribution in [3.63, 3.8) is 0 Å². The lowest BCUT2D eigenvalue weighted by Gasteiger charge is -2.07. The minimum Gasteiger partial charge on any atom is -0.374 e. The average Bonchev–Trinajstić information content (AvgIpc) is 2.45. The molecule has 6 nitrogen and oxygen atoms in total. The van der Waals surface area contributed by atoms with Gasteiger partial charge in [-0.3, -0.25) is 9.97 Å². The van der Waals surface area contributed by atoms with E-state index >= 15 is 0 Å². The summed E-state index contributed by atoms with van der Waals surface area (Å²) in [5, 5.41) is 3.00. The SMILES string of the molecule is CCOCc1nc(NC)cc(-c2cnccn2)n1. The Labute approximate surface area is 105 Å². The number of anilines is 1. The number of hydrogen-bond donors (Lipinski definition) is 1. The van der Waals surface area contributed by atoms with E-state index in [0.29, 0.717) is 24.7 Å². The molecular weight excluding hydrogens is 230 g/mol. The fourth-order valence-electron chi connectivity index (χ4n) is 1.45. The van der Waals surface area contributed by atoms with E-state index in [1.807, 2.05) is 20.0 Å². The highest BCUT2D eigenvalue weighted by atomic mass is 16.5. The summed E-state index contributed by atoms with van der Waals surface area (Å²) in [6.07, 6.45) is 4.94. The number of nitrogens with one attached hydrogen (secondary N) is 1. The maximum Gasteiger partial charge on any atom is 0.157 e. The molecule has 2 heterocycles. The van der Waals surface area contributed by atoms with Gasteiger partial charge in [0.2, 0.25) is 0 Å². The normalized spacial score (nSPS) is 10.3. The fourth-order valence-corrected chi connectivity index (χ4v) is 1.45. The third kappa shape index (κ3) is 2.98. The first-order chi connectivity index (χ1) is 8.83.